The zero-order chi connectivity index (χ0) is 12.8. The van der Waals surface area contributed by atoms with E-state index in [2.05, 4.69) is 17.2 Å². The quantitative estimate of drug-likeness (QED) is 0.768. The second-order valence-corrected chi connectivity index (χ2v) is 6.62. The standard InChI is InChI=1S/C14H24N2OS/c1-18-14(12-15)6-9-16(10-7-14)8-2-4-13-5-3-11-17-13/h13H,2-11H2,1H3. The molecule has 0 bridgehead atoms. The molecule has 0 radical (unpaired) electrons. The fourth-order valence-corrected chi connectivity index (χ4v) is 3.60. The van der Waals surface area contributed by atoms with Crippen LogP contribution >= 0.6 is 11.8 Å². The summed E-state index contributed by atoms with van der Waals surface area (Å²) in [5.41, 5.74) is 0. The van der Waals surface area contributed by atoms with Gasteiger partial charge in [-0.15, -0.1) is 11.8 Å². The molecule has 2 rings (SSSR count). The Morgan fingerprint density at radius 2 is 2.22 bits per heavy atom. The lowest BCUT2D eigenvalue weighted by atomic mass is 9.97. The average Bonchev–Trinajstić information content (AvgIpc) is 2.93. The molecule has 102 valence electrons. The van der Waals surface area contributed by atoms with Gasteiger partial charge in [0.05, 0.1) is 12.2 Å². The normalized spacial score (nSPS) is 28.1. The number of ether oxygens (including phenoxy) is 1. The number of nitrogens with zero attached hydrogens (tertiary/aromatic N) is 2. The monoisotopic (exact) mass is 268 g/mol. The van der Waals surface area contributed by atoms with Crippen molar-refractivity contribution in [3.63, 3.8) is 0 Å². The third-order valence-corrected chi connectivity index (χ3v) is 5.56. The van der Waals surface area contributed by atoms with Gasteiger partial charge >= 0.3 is 0 Å². The zero-order valence-electron chi connectivity index (χ0n) is 11.4. The molecule has 0 saturated carbocycles. The molecule has 2 saturated heterocycles. The van der Waals surface area contributed by atoms with E-state index in [0.29, 0.717) is 6.10 Å². The Kier molecular flexibility index (Phi) is 5.35. The fourth-order valence-electron chi connectivity index (χ4n) is 2.91. The molecule has 2 fully saturated rings. The van der Waals surface area contributed by atoms with Crippen molar-refractivity contribution in [3.05, 3.63) is 0 Å². The Bertz CT molecular complexity index is 289. The van der Waals surface area contributed by atoms with Crippen LogP contribution in [0.2, 0.25) is 0 Å². The van der Waals surface area contributed by atoms with Crippen molar-refractivity contribution in [2.45, 2.75) is 49.4 Å². The van der Waals surface area contributed by atoms with Crippen molar-refractivity contribution in [2.75, 3.05) is 32.5 Å². The Hall–Kier alpha value is -0.240. The molecular weight excluding hydrogens is 244 g/mol. The molecule has 18 heavy (non-hydrogen) atoms. The second kappa shape index (κ2) is 6.79. The number of piperidine rings is 1. The summed E-state index contributed by atoms with van der Waals surface area (Å²) < 4.78 is 5.54. The third kappa shape index (κ3) is 3.63. The largest absolute Gasteiger partial charge is 0.378 e. The van der Waals surface area contributed by atoms with Gasteiger partial charge in [-0.25, -0.2) is 0 Å². The summed E-state index contributed by atoms with van der Waals surface area (Å²) >= 11 is 1.73. The van der Waals surface area contributed by atoms with Gasteiger partial charge < -0.3 is 9.64 Å². The van der Waals surface area contributed by atoms with Gasteiger partial charge in [-0.3, -0.25) is 0 Å². The highest BCUT2D eigenvalue weighted by Crippen LogP contribution is 2.33. The number of thioether (sulfide) groups is 1. The van der Waals surface area contributed by atoms with Crippen LogP contribution < -0.4 is 0 Å². The summed E-state index contributed by atoms with van der Waals surface area (Å²) in [6, 6.07) is 2.50. The van der Waals surface area contributed by atoms with E-state index in [1.165, 1.54) is 32.2 Å². The highest BCUT2D eigenvalue weighted by atomic mass is 32.2. The minimum absolute atomic E-state index is 0.106. The number of likely N-dealkylation sites (tertiary alicyclic amines) is 1. The summed E-state index contributed by atoms with van der Waals surface area (Å²) in [6.07, 6.45) is 9.58. The molecule has 4 heteroatoms. The van der Waals surface area contributed by atoms with Crippen LogP contribution in [-0.2, 0) is 4.74 Å². The molecule has 0 aliphatic carbocycles. The van der Waals surface area contributed by atoms with E-state index in [1.54, 1.807) is 11.8 Å². The number of nitriles is 1. The molecule has 1 atom stereocenters. The molecule has 0 spiro atoms. The highest BCUT2D eigenvalue weighted by molar-refractivity contribution is 8.00. The van der Waals surface area contributed by atoms with Gasteiger partial charge in [0.1, 0.15) is 4.75 Å². The molecule has 2 aliphatic rings. The first-order valence-electron chi connectivity index (χ1n) is 7.08. The van der Waals surface area contributed by atoms with E-state index >= 15 is 0 Å². The minimum atomic E-state index is -0.106. The molecular formula is C14H24N2OS. The molecule has 2 heterocycles. The zero-order valence-corrected chi connectivity index (χ0v) is 12.2. The summed E-state index contributed by atoms with van der Waals surface area (Å²) in [5, 5.41) is 9.24. The molecule has 2 aliphatic heterocycles. The maximum absolute atomic E-state index is 9.24. The van der Waals surface area contributed by atoms with Crippen LogP contribution in [0.1, 0.15) is 38.5 Å². The van der Waals surface area contributed by atoms with Crippen molar-refractivity contribution >= 4 is 11.8 Å². The van der Waals surface area contributed by atoms with Gasteiger partial charge in [0.15, 0.2) is 0 Å². The Balaban J connectivity index is 1.63. The van der Waals surface area contributed by atoms with E-state index in [4.69, 9.17) is 4.74 Å². The maximum atomic E-state index is 9.24. The first kappa shape index (κ1) is 14.2. The van der Waals surface area contributed by atoms with Crippen molar-refractivity contribution in [1.82, 2.24) is 4.90 Å². The summed E-state index contributed by atoms with van der Waals surface area (Å²) in [5.74, 6) is 0. The molecule has 0 amide bonds. The Labute approximate surface area is 115 Å². The summed E-state index contributed by atoms with van der Waals surface area (Å²) in [6.45, 7) is 4.31. The predicted octanol–water partition coefficient (Wildman–Crippen LogP) is 2.67. The maximum Gasteiger partial charge on any atom is 0.104 e. The van der Waals surface area contributed by atoms with Crippen LogP contribution in [-0.4, -0.2) is 48.2 Å². The van der Waals surface area contributed by atoms with E-state index in [0.717, 1.165) is 32.5 Å². The van der Waals surface area contributed by atoms with Gasteiger partial charge in [0.2, 0.25) is 0 Å². The average molecular weight is 268 g/mol. The minimum Gasteiger partial charge on any atom is -0.378 e. The van der Waals surface area contributed by atoms with Crippen LogP contribution in [0.25, 0.3) is 0 Å². The van der Waals surface area contributed by atoms with Crippen molar-refractivity contribution in [2.24, 2.45) is 0 Å². The van der Waals surface area contributed by atoms with Gasteiger partial charge in [-0.2, -0.15) is 5.26 Å². The van der Waals surface area contributed by atoms with Crippen LogP contribution in [0.3, 0.4) is 0 Å². The topological polar surface area (TPSA) is 36.3 Å². The number of rotatable bonds is 5. The predicted molar refractivity (Wildman–Crippen MR) is 75.7 cm³/mol. The van der Waals surface area contributed by atoms with Crippen molar-refractivity contribution < 1.29 is 4.74 Å². The smallest absolute Gasteiger partial charge is 0.104 e. The van der Waals surface area contributed by atoms with Crippen molar-refractivity contribution in [1.29, 1.82) is 5.26 Å². The van der Waals surface area contributed by atoms with Gasteiger partial charge in [0.25, 0.3) is 0 Å². The molecule has 0 aromatic heterocycles. The molecule has 0 aromatic carbocycles. The SMILES string of the molecule is CSC1(C#N)CCN(CCCC2CCCO2)CC1. The van der Waals surface area contributed by atoms with E-state index in [9.17, 15) is 5.26 Å². The highest BCUT2D eigenvalue weighted by Gasteiger charge is 2.33. The Morgan fingerprint density at radius 3 is 2.78 bits per heavy atom. The lowest BCUT2D eigenvalue weighted by Gasteiger charge is -2.36. The van der Waals surface area contributed by atoms with Crippen molar-refractivity contribution in [3.8, 4) is 6.07 Å². The van der Waals surface area contributed by atoms with Crippen LogP contribution in [0.5, 0.6) is 0 Å². The first-order valence-corrected chi connectivity index (χ1v) is 8.31. The Morgan fingerprint density at radius 1 is 1.44 bits per heavy atom. The van der Waals surface area contributed by atoms with Crippen LogP contribution in [0.15, 0.2) is 0 Å². The molecule has 0 N–H and O–H groups in total. The molecule has 3 nitrogen and oxygen atoms in total. The van der Waals surface area contributed by atoms with Crippen LogP contribution in [0, 0.1) is 11.3 Å². The first-order chi connectivity index (χ1) is 8.78. The summed E-state index contributed by atoms with van der Waals surface area (Å²) in [7, 11) is 0. The lowest BCUT2D eigenvalue weighted by Crippen LogP contribution is -2.42. The van der Waals surface area contributed by atoms with E-state index in [-0.39, 0.29) is 4.75 Å². The number of hydrogen-bond donors (Lipinski definition) is 0. The van der Waals surface area contributed by atoms with E-state index in [1.807, 2.05) is 0 Å². The molecule has 1 unspecified atom stereocenters. The van der Waals surface area contributed by atoms with Gasteiger partial charge in [-0.1, -0.05) is 0 Å². The fraction of sp³-hybridized carbons (Fsp3) is 0.929. The lowest BCUT2D eigenvalue weighted by molar-refractivity contribution is 0.0972. The second-order valence-electron chi connectivity index (χ2n) is 5.43. The number of hydrogen-bond acceptors (Lipinski definition) is 4. The van der Waals surface area contributed by atoms with Gasteiger partial charge in [0, 0.05) is 19.7 Å². The summed E-state index contributed by atoms with van der Waals surface area (Å²) in [4.78, 5) is 2.51. The van der Waals surface area contributed by atoms with Crippen LogP contribution in [0.4, 0.5) is 0 Å². The van der Waals surface area contributed by atoms with Gasteiger partial charge in [-0.05, 0) is 51.3 Å². The third-order valence-electron chi connectivity index (χ3n) is 4.28. The molecule has 0 aromatic rings. The van der Waals surface area contributed by atoms with E-state index < -0.39 is 0 Å².